The number of alkyl halides is 3. The number of halogens is 3. The highest BCUT2D eigenvalue weighted by molar-refractivity contribution is 5.33. The summed E-state index contributed by atoms with van der Waals surface area (Å²) in [5.41, 5.74) is 5.84. The second-order valence-corrected chi connectivity index (χ2v) is 3.19. The zero-order valence-corrected chi connectivity index (χ0v) is 7.86. The molecule has 0 radical (unpaired) electrons. The Kier molecular flexibility index (Phi) is 3.16. The fourth-order valence-electron chi connectivity index (χ4n) is 1.37. The lowest BCUT2D eigenvalue weighted by atomic mass is 10.0. The molecule has 0 spiro atoms. The van der Waals surface area contributed by atoms with Crippen molar-refractivity contribution in [2.75, 3.05) is 6.54 Å². The van der Waals surface area contributed by atoms with Crippen LogP contribution in [0.5, 0.6) is 0 Å². The lowest BCUT2D eigenvalue weighted by Gasteiger charge is -2.11. The van der Waals surface area contributed by atoms with Gasteiger partial charge >= 0.3 is 6.18 Å². The van der Waals surface area contributed by atoms with E-state index in [1.165, 1.54) is 19.1 Å². The maximum atomic E-state index is 12.3. The molecule has 0 amide bonds. The Hall–Kier alpha value is -1.03. The standard InChI is InChI=1S/C10H12F3N/c1-7-6-8(4-5-14)2-3-9(7)10(11,12)13/h2-3,6H,4-5,14H2,1H3. The van der Waals surface area contributed by atoms with Gasteiger partial charge < -0.3 is 5.73 Å². The Balaban J connectivity index is 3.02. The first-order chi connectivity index (χ1) is 6.45. The van der Waals surface area contributed by atoms with Crippen molar-refractivity contribution in [1.29, 1.82) is 0 Å². The second-order valence-electron chi connectivity index (χ2n) is 3.19. The van der Waals surface area contributed by atoms with Crippen LogP contribution in [0.25, 0.3) is 0 Å². The normalized spacial score (nSPS) is 11.8. The zero-order valence-electron chi connectivity index (χ0n) is 7.86. The van der Waals surface area contributed by atoms with Crippen molar-refractivity contribution >= 4 is 0 Å². The molecule has 2 N–H and O–H groups in total. The highest BCUT2D eigenvalue weighted by atomic mass is 19.4. The Morgan fingerprint density at radius 2 is 1.93 bits per heavy atom. The lowest BCUT2D eigenvalue weighted by molar-refractivity contribution is -0.138. The topological polar surface area (TPSA) is 26.0 Å². The Morgan fingerprint density at radius 3 is 2.36 bits per heavy atom. The van der Waals surface area contributed by atoms with Gasteiger partial charge in [-0.25, -0.2) is 0 Å². The van der Waals surface area contributed by atoms with Gasteiger partial charge in [0.1, 0.15) is 0 Å². The van der Waals surface area contributed by atoms with Gasteiger partial charge in [-0.3, -0.25) is 0 Å². The minimum absolute atomic E-state index is 0.253. The van der Waals surface area contributed by atoms with Crippen LogP contribution >= 0.6 is 0 Å². The molecule has 0 unspecified atom stereocenters. The van der Waals surface area contributed by atoms with E-state index in [1.807, 2.05) is 0 Å². The summed E-state index contributed by atoms with van der Waals surface area (Å²) in [6.45, 7) is 1.91. The fraction of sp³-hybridized carbons (Fsp3) is 0.400. The average Bonchev–Trinajstić information content (AvgIpc) is 2.02. The summed E-state index contributed by atoms with van der Waals surface area (Å²) in [4.78, 5) is 0. The predicted octanol–water partition coefficient (Wildman–Crippen LogP) is 2.52. The number of hydrogen-bond acceptors (Lipinski definition) is 1. The predicted molar refractivity (Wildman–Crippen MR) is 48.9 cm³/mol. The molecule has 4 heteroatoms. The van der Waals surface area contributed by atoms with Crippen LogP contribution in [0.2, 0.25) is 0 Å². The Morgan fingerprint density at radius 1 is 1.29 bits per heavy atom. The molecule has 0 bridgehead atoms. The van der Waals surface area contributed by atoms with Gasteiger partial charge in [-0.15, -0.1) is 0 Å². The Labute approximate surface area is 80.7 Å². The fourth-order valence-corrected chi connectivity index (χ4v) is 1.37. The third-order valence-electron chi connectivity index (χ3n) is 2.03. The van der Waals surface area contributed by atoms with Crippen molar-refractivity contribution < 1.29 is 13.2 Å². The quantitative estimate of drug-likeness (QED) is 0.785. The van der Waals surface area contributed by atoms with Crippen molar-refractivity contribution in [3.63, 3.8) is 0 Å². The first-order valence-corrected chi connectivity index (χ1v) is 4.32. The number of hydrogen-bond donors (Lipinski definition) is 1. The molecule has 0 saturated carbocycles. The summed E-state index contributed by atoms with van der Waals surface area (Å²) in [6, 6.07) is 4.12. The maximum absolute atomic E-state index is 12.3. The van der Waals surface area contributed by atoms with Gasteiger partial charge in [0.25, 0.3) is 0 Å². The molecule has 0 aliphatic rings. The van der Waals surface area contributed by atoms with E-state index < -0.39 is 11.7 Å². The average molecular weight is 203 g/mol. The molecule has 0 fully saturated rings. The van der Waals surface area contributed by atoms with Crippen LogP contribution < -0.4 is 5.73 Å². The molecule has 0 aliphatic carbocycles. The zero-order chi connectivity index (χ0) is 10.8. The number of benzene rings is 1. The van der Waals surface area contributed by atoms with Gasteiger partial charge in [-0.05, 0) is 37.1 Å². The van der Waals surface area contributed by atoms with E-state index in [1.54, 1.807) is 0 Å². The molecule has 1 aromatic carbocycles. The molecule has 14 heavy (non-hydrogen) atoms. The van der Waals surface area contributed by atoms with Crippen LogP contribution in [0.1, 0.15) is 16.7 Å². The Bertz CT molecular complexity index is 318. The molecule has 0 aromatic heterocycles. The van der Waals surface area contributed by atoms with Gasteiger partial charge in [0.15, 0.2) is 0 Å². The molecule has 0 aliphatic heterocycles. The van der Waals surface area contributed by atoms with Crippen LogP contribution in [-0.4, -0.2) is 6.54 Å². The van der Waals surface area contributed by atoms with E-state index in [4.69, 9.17) is 5.73 Å². The molecule has 0 saturated heterocycles. The SMILES string of the molecule is Cc1cc(CCN)ccc1C(F)(F)F. The van der Waals surface area contributed by atoms with Crippen LogP contribution in [0.4, 0.5) is 13.2 Å². The summed E-state index contributed by atoms with van der Waals surface area (Å²) in [6.07, 6.45) is -3.65. The molecule has 0 heterocycles. The first kappa shape index (κ1) is 11.0. The monoisotopic (exact) mass is 203 g/mol. The molecule has 0 atom stereocenters. The minimum Gasteiger partial charge on any atom is -0.330 e. The van der Waals surface area contributed by atoms with E-state index in [9.17, 15) is 13.2 Å². The summed E-state index contributed by atoms with van der Waals surface area (Å²) in [5.74, 6) is 0. The van der Waals surface area contributed by atoms with Crippen molar-refractivity contribution in [1.82, 2.24) is 0 Å². The smallest absolute Gasteiger partial charge is 0.330 e. The van der Waals surface area contributed by atoms with E-state index in [0.29, 0.717) is 13.0 Å². The van der Waals surface area contributed by atoms with E-state index in [0.717, 1.165) is 11.6 Å². The molecule has 1 aromatic rings. The highest BCUT2D eigenvalue weighted by Crippen LogP contribution is 2.31. The third-order valence-corrected chi connectivity index (χ3v) is 2.03. The van der Waals surface area contributed by atoms with Crippen LogP contribution in [0, 0.1) is 6.92 Å². The van der Waals surface area contributed by atoms with Crippen molar-refractivity contribution in [2.24, 2.45) is 5.73 Å². The van der Waals surface area contributed by atoms with E-state index in [2.05, 4.69) is 0 Å². The summed E-state index contributed by atoms with van der Waals surface area (Å²) >= 11 is 0. The minimum atomic E-state index is -4.26. The van der Waals surface area contributed by atoms with Gasteiger partial charge in [-0.2, -0.15) is 13.2 Å². The molecule has 78 valence electrons. The van der Waals surface area contributed by atoms with Gasteiger partial charge in [0.2, 0.25) is 0 Å². The maximum Gasteiger partial charge on any atom is 0.416 e. The third kappa shape index (κ3) is 2.48. The summed E-state index contributed by atoms with van der Waals surface area (Å²) < 4.78 is 37.0. The van der Waals surface area contributed by atoms with Gasteiger partial charge in [0, 0.05) is 0 Å². The number of rotatable bonds is 2. The van der Waals surface area contributed by atoms with E-state index >= 15 is 0 Å². The van der Waals surface area contributed by atoms with Crippen molar-refractivity contribution in [2.45, 2.75) is 19.5 Å². The van der Waals surface area contributed by atoms with Crippen LogP contribution in [0.3, 0.4) is 0 Å². The van der Waals surface area contributed by atoms with Crippen LogP contribution in [0.15, 0.2) is 18.2 Å². The van der Waals surface area contributed by atoms with E-state index in [-0.39, 0.29) is 5.56 Å². The molecular formula is C10H12F3N. The number of nitrogens with two attached hydrogens (primary N) is 1. The first-order valence-electron chi connectivity index (χ1n) is 4.32. The largest absolute Gasteiger partial charge is 0.416 e. The van der Waals surface area contributed by atoms with Crippen molar-refractivity contribution in [3.8, 4) is 0 Å². The summed E-state index contributed by atoms with van der Waals surface area (Å²) in [5, 5.41) is 0. The van der Waals surface area contributed by atoms with Gasteiger partial charge in [0.05, 0.1) is 5.56 Å². The van der Waals surface area contributed by atoms with Crippen molar-refractivity contribution in [3.05, 3.63) is 34.9 Å². The molecular weight excluding hydrogens is 191 g/mol. The highest BCUT2D eigenvalue weighted by Gasteiger charge is 2.31. The second kappa shape index (κ2) is 4.00. The molecule has 1 nitrogen and oxygen atoms in total. The lowest BCUT2D eigenvalue weighted by Crippen LogP contribution is -2.09. The number of aryl methyl sites for hydroxylation is 1. The van der Waals surface area contributed by atoms with Gasteiger partial charge in [-0.1, -0.05) is 12.1 Å². The molecule has 1 rings (SSSR count). The van der Waals surface area contributed by atoms with Crippen LogP contribution in [-0.2, 0) is 12.6 Å². The summed E-state index contributed by atoms with van der Waals surface area (Å²) in [7, 11) is 0.